The largest absolute Gasteiger partial charge is 0.439 e. The van der Waals surface area contributed by atoms with Gasteiger partial charge in [-0.2, -0.15) is 0 Å². The van der Waals surface area contributed by atoms with Gasteiger partial charge in [0.2, 0.25) is 5.88 Å². The average molecular weight is 315 g/mol. The van der Waals surface area contributed by atoms with Gasteiger partial charge in [0.05, 0.1) is 0 Å². The molecular weight excluding hydrogens is 293 g/mol. The highest BCUT2D eigenvalue weighted by Crippen LogP contribution is 2.23. The number of pyridine rings is 1. The second-order valence-electron chi connectivity index (χ2n) is 6.08. The Morgan fingerprint density at radius 3 is 2.65 bits per heavy atom. The van der Waals surface area contributed by atoms with E-state index >= 15 is 0 Å². The van der Waals surface area contributed by atoms with Gasteiger partial charge in [-0.1, -0.05) is 6.07 Å². The summed E-state index contributed by atoms with van der Waals surface area (Å²) in [5.74, 6) is 0.809. The molecule has 1 saturated heterocycles. The molecule has 23 heavy (non-hydrogen) atoms. The molecule has 3 rings (SSSR count). The number of ether oxygens (including phenoxy) is 1. The Kier molecular flexibility index (Phi) is 4.88. The molecule has 0 saturated carbocycles. The van der Waals surface area contributed by atoms with E-state index in [1.54, 1.807) is 12.1 Å². The third-order valence-electron chi connectivity index (χ3n) is 4.13. The summed E-state index contributed by atoms with van der Waals surface area (Å²) in [5, 5.41) is 3.53. The Balaban J connectivity index is 1.65. The first-order chi connectivity index (χ1) is 11.1. The van der Waals surface area contributed by atoms with Crippen LogP contribution < -0.4 is 10.1 Å². The molecule has 1 aliphatic heterocycles. The van der Waals surface area contributed by atoms with Crippen molar-refractivity contribution >= 4 is 0 Å². The van der Waals surface area contributed by atoms with Crippen LogP contribution in [0.25, 0.3) is 0 Å². The number of aromatic nitrogens is 1. The molecule has 1 aromatic heterocycles. The molecule has 0 aliphatic carbocycles. The number of benzene rings is 1. The van der Waals surface area contributed by atoms with E-state index in [-0.39, 0.29) is 5.82 Å². The number of halogens is 1. The van der Waals surface area contributed by atoms with Crippen LogP contribution in [0.3, 0.4) is 0 Å². The van der Waals surface area contributed by atoms with Crippen molar-refractivity contribution in [1.29, 1.82) is 0 Å². The van der Waals surface area contributed by atoms with E-state index in [2.05, 4.69) is 29.0 Å². The third kappa shape index (κ3) is 4.06. The van der Waals surface area contributed by atoms with Gasteiger partial charge in [-0.3, -0.25) is 4.90 Å². The van der Waals surface area contributed by atoms with Gasteiger partial charge in [-0.15, -0.1) is 0 Å². The SMILES string of the molecule is CC(C)N1CCNC(c2ccc(Oc3ccc(F)cc3)nc2)C1. The van der Waals surface area contributed by atoms with Gasteiger partial charge >= 0.3 is 0 Å². The lowest BCUT2D eigenvalue weighted by molar-refractivity contribution is 0.162. The first kappa shape index (κ1) is 15.9. The Labute approximate surface area is 136 Å². The zero-order chi connectivity index (χ0) is 16.2. The Hall–Kier alpha value is -1.98. The molecule has 1 atom stereocenters. The van der Waals surface area contributed by atoms with Crippen molar-refractivity contribution in [3.05, 3.63) is 54.0 Å². The molecule has 1 N–H and O–H groups in total. The van der Waals surface area contributed by atoms with Crippen LogP contribution in [0.1, 0.15) is 25.5 Å². The summed E-state index contributed by atoms with van der Waals surface area (Å²) in [6, 6.07) is 10.7. The number of hydrogen-bond donors (Lipinski definition) is 1. The van der Waals surface area contributed by atoms with Crippen LogP contribution in [0.5, 0.6) is 11.6 Å². The molecule has 4 nitrogen and oxygen atoms in total. The molecule has 1 unspecified atom stereocenters. The topological polar surface area (TPSA) is 37.4 Å². The zero-order valence-electron chi connectivity index (χ0n) is 13.5. The fraction of sp³-hybridized carbons (Fsp3) is 0.389. The predicted octanol–water partition coefficient (Wildman–Crippen LogP) is 3.37. The molecule has 1 fully saturated rings. The van der Waals surface area contributed by atoms with Crippen molar-refractivity contribution in [2.75, 3.05) is 19.6 Å². The second kappa shape index (κ2) is 7.06. The van der Waals surface area contributed by atoms with E-state index in [1.165, 1.54) is 12.1 Å². The molecule has 5 heteroatoms. The number of nitrogens with one attached hydrogen (secondary N) is 1. The van der Waals surface area contributed by atoms with E-state index in [4.69, 9.17) is 4.74 Å². The lowest BCUT2D eigenvalue weighted by Gasteiger charge is -2.36. The van der Waals surface area contributed by atoms with Crippen molar-refractivity contribution in [3.63, 3.8) is 0 Å². The summed E-state index contributed by atoms with van der Waals surface area (Å²) < 4.78 is 18.5. The van der Waals surface area contributed by atoms with Gasteiger partial charge in [-0.25, -0.2) is 9.37 Å². The van der Waals surface area contributed by atoms with Crippen LogP contribution in [-0.4, -0.2) is 35.6 Å². The summed E-state index contributed by atoms with van der Waals surface area (Å²) in [6.07, 6.45) is 1.85. The Morgan fingerprint density at radius 1 is 1.22 bits per heavy atom. The summed E-state index contributed by atoms with van der Waals surface area (Å²) in [6.45, 7) is 7.49. The minimum Gasteiger partial charge on any atom is -0.439 e. The highest BCUT2D eigenvalue weighted by atomic mass is 19.1. The molecule has 122 valence electrons. The van der Waals surface area contributed by atoms with E-state index in [1.807, 2.05) is 18.3 Å². The second-order valence-corrected chi connectivity index (χ2v) is 6.08. The third-order valence-corrected chi connectivity index (χ3v) is 4.13. The molecule has 1 aromatic carbocycles. The lowest BCUT2D eigenvalue weighted by Crippen LogP contribution is -2.48. The van der Waals surface area contributed by atoms with E-state index in [0.717, 1.165) is 25.2 Å². The zero-order valence-corrected chi connectivity index (χ0v) is 13.5. The maximum absolute atomic E-state index is 12.9. The maximum Gasteiger partial charge on any atom is 0.219 e. The number of nitrogens with zero attached hydrogens (tertiary/aromatic N) is 2. The first-order valence-corrected chi connectivity index (χ1v) is 7.98. The predicted molar refractivity (Wildman–Crippen MR) is 88.2 cm³/mol. The van der Waals surface area contributed by atoms with Crippen molar-refractivity contribution in [1.82, 2.24) is 15.2 Å². The quantitative estimate of drug-likeness (QED) is 0.939. The molecule has 2 heterocycles. The lowest BCUT2D eigenvalue weighted by atomic mass is 10.1. The van der Waals surface area contributed by atoms with Gasteiger partial charge in [0.25, 0.3) is 0 Å². The molecule has 2 aromatic rings. The van der Waals surface area contributed by atoms with Crippen molar-refractivity contribution in [2.45, 2.75) is 25.9 Å². The minimum atomic E-state index is -0.279. The highest BCUT2D eigenvalue weighted by Gasteiger charge is 2.22. The smallest absolute Gasteiger partial charge is 0.219 e. The molecule has 0 spiro atoms. The van der Waals surface area contributed by atoms with Crippen LogP contribution in [0.4, 0.5) is 4.39 Å². The normalized spacial score (nSPS) is 19.0. The van der Waals surface area contributed by atoms with Gasteiger partial charge in [-0.05, 0) is 43.7 Å². The fourth-order valence-electron chi connectivity index (χ4n) is 2.75. The Bertz CT molecular complexity index is 628. The first-order valence-electron chi connectivity index (χ1n) is 7.98. The molecule has 1 aliphatic rings. The fourth-order valence-corrected chi connectivity index (χ4v) is 2.75. The maximum atomic E-state index is 12.9. The summed E-state index contributed by atoms with van der Waals surface area (Å²) in [5.41, 5.74) is 1.15. The molecule has 0 amide bonds. The van der Waals surface area contributed by atoms with Crippen LogP contribution in [-0.2, 0) is 0 Å². The highest BCUT2D eigenvalue weighted by molar-refractivity contribution is 5.29. The minimum absolute atomic E-state index is 0.279. The van der Waals surface area contributed by atoms with Gasteiger partial charge in [0.15, 0.2) is 0 Å². The van der Waals surface area contributed by atoms with Crippen molar-refractivity contribution in [2.24, 2.45) is 0 Å². The molecular formula is C18H22FN3O. The standard InChI is InChI=1S/C18H22FN3O/c1-13(2)22-10-9-20-17(12-22)14-3-8-18(21-11-14)23-16-6-4-15(19)5-7-16/h3-8,11,13,17,20H,9-10,12H2,1-2H3. The van der Waals surface area contributed by atoms with Crippen LogP contribution >= 0.6 is 0 Å². The van der Waals surface area contributed by atoms with Gasteiger partial charge in [0, 0.05) is 44.0 Å². The number of piperazine rings is 1. The van der Waals surface area contributed by atoms with Crippen molar-refractivity contribution in [3.8, 4) is 11.6 Å². The summed E-state index contributed by atoms with van der Waals surface area (Å²) >= 11 is 0. The Morgan fingerprint density at radius 2 is 2.00 bits per heavy atom. The number of hydrogen-bond acceptors (Lipinski definition) is 4. The van der Waals surface area contributed by atoms with E-state index < -0.39 is 0 Å². The van der Waals surface area contributed by atoms with Crippen molar-refractivity contribution < 1.29 is 9.13 Å². The van der Waals surface area contributed by atoms with Gasteiger partial charge in [0.1, 0.15) is 11.6 Å². The van der Waals surface area contributed by atoms with E-state index in [9.17, 15) is 4.39 Å². The molecule has 0 bridgehead atoms. The van der Waals surface area contributed by atoms with E-state index in [0.29, 0.717) is 23.7 Å². The van der Waals surface area contributed by atoms with Gasteiger partial charge < -0.3 is 10.1 Å². The molecule has 0 radical (unpaired) electrons. The number of rotatable bonds is 4. The summed E-state index contributed by atoms with van der Waals surface area (Å²) in [4.78, 5) is 6.83. The average Bonchev–Trinajstić information content (AvgIpc) is 2.58. The van der Waals surface area contributed by atoms with Crippen LogP contribution in [0.2, 0.25) is 0 Å². The van der Waals surface area contributed by atoms with Crippen LogP contribution in [0, 0.1) is 5.82 Å². The monoisotopic (exact) mass is 315 g/mol. The summed E-state index contributed by atoms with van der Waals surface area (Å²) in [7, 11) is 0. The van der Waals surface area contributed by atoms with Crippen LogP contribution in [0.15, 0.2) is 42.6 Å².